The van der Waals surface area contributed by atoms with E-state index in [2.05, 4.69) is 63.5 Å². The molecule has 1 aromatic heterocycles. The Labute approximate surface area is 133 Å². The molecule has 0 spiro atoms. The molecule has 4 nitrogen and oxygen atoms in total. The summed E-state index contributed by atoms with van der Waals surface area (Å²) in [7, 11) is 1.93. The number of nitrogens with zero attached hydrogens (tertiary/aromatic N) is 3. The zero-order valence-electron chi connectivity index (χ0n) is 14.3. The monoisotopic (exact) mass is 308 g/mol. The van der Waals surface area contributed by atoms with Crippen molar-refractivity contribution in [1.82, 2.24) is 9.97 Å². The van der Waals surface area contributed by atoms with Gasteiger partial charge in [-0.2, -0.15) is 11.8 Å². The van der Waals surface area contributed by atoms with Crippen LogP contribution in [-0.2, 0) is 5.41 Å². The molecular weight excluding hydrogens is 280 g/mol. The summed E-state index contributed by atoms with van der Waals surface area (Å²) in [5.41, 5.74) is 1.10. The van der Waals surface area contributed by atoms with Gasteiger partial charge in [0.05, 0.1) is 0 Å². The normalized spacial score (nSPS) is 23.3. The lowest BCUT2D eigenvalue weighted by molar-refractivity contribution is 0.543. The average Bonchev–Trinajstić information content (AvgIpc) is 2.36. The van der Waals surface area contributed by atoms with Gasteiger partial charge in [-0.3, -0.25) is 0 Å². The molecule has 5 heteroatoms. The molecule has 0 bridgehead atoms. The van der Waals surface area contributed by atoms with Crippen LogP contribution in [0.5, 0.6) is 0 Å². The number of hydrogen-bond acceptors (Lipinski definition) is 5. The molecule has 1 aromatic rings. The van der Waals surface area contributed by atoms with Crippen molar-refractivity contribution in [2.24, 2.45) is 0 Å². The van der Waals surface area contributed by atoms with Crippen LogP contribution >= 0.6 is 11.8 Å². The summed E-state index contributed by atoms with van der Waals surface area (Å²) in [4.78, 5) is 12.0. The molecule has 0 aliphatic carbocycles. The smallest absolute Gasteiger partial charge is 0.138 e. The second-order valence-corrected chi connectivity index (χ2v) is 8.89. The van der Waals surface area contributed by atoms with E-state index in [-0.39, 0.29) is 5.41 Å². The summed E-state index contributed by atoms with van der Waals surface area (Å²) >= 11 is 2.06. The highest BCUT2D eigenvalue weighted by atomic mass is 32.2. The van der Waals surface area contributed by atoms with Crippen molar-refractivity contribution in [2.75, 3.05) is 30.4 Å². The van der Waals surface area contributed by atoms with Crippen molar-refractivity contribution in [3.63, 3.8) is 0 Å². The van der Waals surface area contributed by atoms with Crippen molar-refractivity contribution in [1.29, 1.82) is 0 Å². The molecule has 1 aliphatic rings. The van der Waals surface area contributed by atoms with Crippen LogP contribution in [0, 0.1) is 6.92 Å². The fourth-order valence-corrected chi connectivity index (χ4v) is 4.07. The van der Waals surface area contributed by atoms with Gasteiger partial charge in [-0.25, -0.2) is 9.97 Å². The van der Waals surface area contributed by atoms with Gasteiger partial charge in [-0.1, -0.05) is 34.6 Å². The molecule has 0 amide bonds. The number of rotatable bonds is 2. The molecule has 0 radical (unpaired) electrons. The highest BCUT2D eigenvalue weighted by Crippen LogP contribution is 2.33. The zero-order chi connectivity index (χ0) is 15.8. The van der Waals surface area contributed by atoms with E-state index in [0.29, 0.717) is 10.5 Å². The van der Waals surface area contributed by atoms with Crippen LogP contribution in [0.2, 0.25) is 0 Å². The summed E-state index contributed by atoms with van der Waals surface area (Å²) < 4.78 is 0. The Hall–Kier alpha value is -0.970. The summed E-state index contributed by atoms with van der Waals surface area (Å²) in [6, 6.07) is 0. The molecule has 1 aliphatic heterocycles. The lowest BCUT2D eigenvalue weighted by atomic mass is 9.95. The third-order valence-electron chi connectivity index (χ3n) is 3.75. The molecule has 2 heterocycles. The van der Waals surface area contributed by atoms with Crippen LogP contribution in [0.15, 0.2) is 0 Å². The standard InChI is InChI=1S/C16H28N4S/c1-10-8-20(9-11(2)21-10)14-12(3)13(17-7)18-15(19-14)16(4,5)6/h10-11H,8-9H2,1-7H3,(H,17,18,19). The average molecular weight is 308 g/mol. The van der Waals surface area contributed by atoms with Crippen LogP contribution in [-0.4, -0.2) is 40.6 Å². The molecule has 2 unspecified atom stereocenters. The van der Waals surface area contributed by atoms with Crippen LogP contribution in [0.4, 0.5) is 11.6 Å². The Kier molecular flexibility index (Phi) is 4.71. The maximum Gasteiger partial charge on any atom is 0.138 e. The minimum absolute atomic E-state index is 0.0458. The molecule has 1 N–H and O–H groups in total. The number of aromatic nitrogens is 2. The van der Waals surface area contributed by atoms with Crippen LogP contribution in [0.25, 0.3) is 0 Å². The second kappa shape index (κ2) is 6.03. The fraction of sp³-hybridized carbons (Fsp3) is 0.750. The minimum Gasteiger partial charge on any atom is -0.373 e. The van der Waals surface area contributed by atoms with Crippen LogP contribution < -0.4 is 10.2 Å². The molecule has 2 rings (SSSR count). The first-order valence-electron chi connectivity index (χ1n) is 7.69. The van der Waals surface area contributed by atoms with Gasteiger partial charge < -0.3 is 10.2 Å². The minimum atomic E-state index is -0.0458. The van der Waals surface area contributed by atoms with Gasteiger partial charge in [0.15, 0.2) is 0 Å². The van der Waals surface area contributed by atoms with Gasteiger partial charge in [0.25, 0.3) is 0 Å². The van der Waals surface area contributed by atoms with Crippen molar-refractivity contribution in [3.8, 4) is 0 Å². The number of hydrogen-bond donors (Lipinski definition) is 1. The molecule has 2 atom stereocenters. The predicted molar refractivity (Wildman–Crippen MR) is 93.7 cm³/mol. The summed E-state index contributed by atoms with van der Waals surface area (Å²) in [6.45, 7) is 15.3. The third-order valence-corrected chi connectivity index (χ3v) is 4.97. The molecule has 0 aromatic carbocycles. The summed E-state index contributed by atoms with van der Waals surface area (Å²) in [6.07, 6.45) is 0. The fourth-order valence-electron chi connectivity index (χ4n) is 2.74. The van der Waals surface area contributed by atoms with E-state index in [1.54, 1.807) is 0 Å². The Morgan fingerprint density at radius 2 is 1.71 bits per heavy atom. The SMILES string of the molecule is CNc1nc(C(C)(C)C)nc(N2CC(C)SC(C)C2)c1C. The topological polar surface area (TPSA) is 41.1 Å². The second-order valence-electron chi connectivity index (χ2n) is 7.01. The zero-order valence-corrected chi connectivity index (χ0v) is 15.1. The highest BCUT2D eigenvalue weighted by molar-refractivity contribution is 8.00. The van der Waals surface area contributed by atoms with E-state index in [9.17, 15) is 0 Å². The van der Waals surface area contributed by atoms with Gasteiger partial charge in [0.1, 0.15) is 17.5 Å². The van der Waals surface area contributed by atoms with Crippen molar-refractivity contribution >= 4 is 23.4 Å². The van der Waals surface area contributed by atoms with Gasteiger partial charge in [-0.05, 0) is 6.92 Å². The van der Waals surface area contributed by atoms with E-state index >= 15 is 0 Å². The number of nitrogens with one attached hydrogen (secondary N) is 1. The maximum absolute atomic E-state index is 4.91. The summed E-state index contributed by atoms with van der Waals surface area (Å²) in [5, 5.41) is 4.50. The molecule has 118 valence electrons. The van der Waals surface area contributed by atoms with E-state index < -0.39 is 0 Å². The highest BCUT2D eigenvalue weighted by Gasteiger charge is 2.27. The van der Waals surface area contributed by atoms with E-state index in [1.165, 1.54) is 0 Å². The Bertz CT molecular complexity index is 500. The first-order chi connectivity index (χ1) is 9.72. The first kappa shape index (κ1) is 16.4. The predicted octanol–water partition coefficient (Wildman–Crippen LogP) is 3.45. The van der Waals surface area contributed by atoms with Gasteiger partial charge in [0, 0.05) is 41.6 Å². The first-order valence-corrected chi connectivity index (χ1v) is 8.64. The Balaban J connectivity index is 2.46. The molecule has 1 saturated heterocycles. The lowest BCUT2D eigenvalue weighted by Crippen LogP contribution is -2.41. The third kappa shape index (κ3) is 3.62. The molecular formula is C16H28N4S. The van der Waals surface area contributed by atoms with Gasteiger partial charge in [0.2, 0.25) is 0 Å². The van der Waals surface area contributed by atoms with Crippen molar-refractivity contribution in [2.45, 2.75) is 57.5 Å². The van der Waals surface area contributed by atoms with Crippen molar-refractivity contribution in [3.05, 3.63) is 11.4 Å². The van der Waals surface area contributed by atoms with Gasteiger partial charge in [-0.15, -0.1) is 0 Å². The number of thioether (sulfide) groups is 1. The Morgan fingerprint density at radius 1 is 1.14 bits per heavy atom. The largest absolute Gasteiger partial charge is 0.373 e. The molecule has 21 heavy (non-hydrogen) atoms. The molecule has 1 fully saturated rings. The lowest BCUT2D eigenvalue weighted by Gasteiger charge is -2.37. The Morgan fingerprint density at radius 3 is 2.19 bits per heavy atom. The van der Waals surface area contributed by atoms with E-state index in [0.717, 1.165) is 36.1 Å². The summed E-state index contributed by atoms with van der Waals surface area (Å²) in [5.74, 6) is 2.95. The maximum atomic E-state index is 4.91. The molecule has 0 saturated carbocycles. The van der Waals surface area contributed by atoms with E-state index in [4.69, 9.17) is 9.97 Å². The number of anilines is 2. The quantitative estimate of drug-likeness (QED) is 0.906. The van der Waals surface area contributed by atoms with Crippen LogP contribution in [0.1, 0.15) is 46.0 Å². The van der Waals surface area contributed by atoms with E-state index in [1.807, 2.05) is 7.05 Å². The van der Waals surface area contributed by atoms with Crippen LogP contribution in [0.3, 0.4) is 0 Å². The van der Waals surface area contributed by atoms with Crippen molar-refractivity contribution < 1.29 is 0 Å². The van der Waals surface area contributed by atoms with Gasteiger partial charge >= 0.3 is 0 Å².